The number of halogens is 3. The zero-order valence-electron chi connectivity index (χ0n) is 16.0. The van der Waals surface area contributed by atoms with Gasteiger partial charge in [0, 0.05) is 11.6 Å². The number of furan rings is 1. The third-order valence-corrected chi connectivity index (χ3v) is 6.39. The standard InChI is InChI=1S/C20H16F3NO4S3/c1-30-9-8-14(18(26)27)24-17(25)16(31-19(24)29)10-11-6-7-15(28-11)12-4-2-3-5-13(12)20(21,22)23/h2-7,10,14H,8-9H2,1H3,(H,26,27)/b16-10+/t14-/m0/s1. The van der Waals surface area contributed by atoms with Gasteiger partial charge in [0.05, 0.1) is 10.5 Å². The van der Waals surface area contributed by atoms with Crippen molar-refractivity contribution in [2.75, 3.05) is 12.0 Å². The summed E-state index contributed by atoms with van der Waals surface area (Å²) in [7, 11) is 0. The van der Waals surface area contributed by atoms with E-state index in [1.54, 1.807) is 0 Å². The molecule has 1 aromatic heterocycles. The van der Waals surface area contributed by atoms with Crippen LogP contribution in [0.1, 0.15) is 17.7 Å². The van der Waals surface area contributed by atoms with Crippen molar-refractivity contribution in [3.63, 3.8) is 0 Å². The molecule has 0 bridgehead atoms. The van der Waals surface area contributed by atoms with Gasteiger partial charge in [0.2, 0.25) is 0 Å². The molecule has 0 spiro atoms. The summed E-state index contributed by atoms with van der Waals surface area (Å²) in [5.74, 6) is -1.04. The Kier molecular flexibility index (Phi) is 7.17. The average Bonchev–Trinajstić information content (AvgIpc) is 3.27. The molecule has 1 aromatic carbocycles. The van der Waals surface area contributed by atoms with Crippen molar-refractivity contribution in [3.05, 3.63) is 52.6 Å². The van der Waals surface area contributed by atoms with E-state index >= 15 is 0 Å². The fourth-order valence-corrected chi connectivity index (χ4v) is 4.79. The molecular weight excluding hydrogens is 471 g/mol. The van der Waals surface area contributed by atoms with E-state index in [0.717, 1.165) is 22.7 Å². The third kappa shape index (κ3) is 5.16. The van der Waals surface area contributed by atoms with E-state index in [0.29, 0.717) is 5.75 Å². The van der Waals surface area contributed by atoms with Crippen molar-refractivity contribution in [1.82, 2.24) is 4.90 Å². The van der Waals surface area contributed by atoms with Crippen LogP contribution in [0.5, 0.6) is 0 Å². The molecule has 3 rings (SSSR count). The number of hydrogen-bond acceptors (Lipinski definition) is 6. The lowest BCUT2D eigenvalue weighted by molar-refractivity contribution is -0.145. The van der Waals surface area contributed by atoms with E-state index < -0.39 is 29.7 Å². The Morgan fingerprint density at radius 2 is 2.03 bits per heavy atom. The number of thiocarbonyl (C=S) groups is 1. The van der Waals surface area contributed by atoms with Gasteiger partial charge in [-0.25, -0.2) is 4.79 Å². The van der Waals surface area contributed by atoms with Crippen LogP contribution < -0.4 is 0 Å². The van der Waals surface area contributed by atoms with Crippen LogP contribution in [0.3, 0.4) is 0 Å². The second-order valence-electron chi connectivity index (χ2n) is 6.43. The maximum Gasteiger partial charge on any atom is 0.417 e. The lowest BCUT2D eigenvalue weighted by Crippen LogP contribution is -2.44. The summed E-state index contributed by atoms with van der Waals surface area (Å²) >= 11 is 7.58. The average molecular weight is 488 g/mol. The number of carboxylic acid groups (broad SMARTS) is 1. The number of alkyl halides is 3. The summed E-state index contributed by atoms with van der Waals surface area (Å²) in [4.78, 5) is 25.6. The van der Waals surface area contributed by atoms with Crippen LogP contribution in [0.25, 0.3) is 17.4 Å². The normalized spacial score (nSPS) is 16.9. The first-order valence-electron chi connectivity index (χ1n) is 8.88. The van der Waals surface area contributed by atoms with Crippen molar-refractivity contribution in [3.8, 4) is 11.3 Å². The van der Waals surface area contributed by atoms with Gasteiger partial charge in [-0.2, -0.15) is 24.9 Å². The molecule has 1 N–H and O–H groups in total. The van der Waals surface area contributed by atoms with Crippen LogP contribution in [0.2, 0.25) is 0 Å². The van der Waals surface area contributed by atoms with E-state index in [9.17, 15) is 27.9 Å². The number of aliphatic carboxylic acids is 1. The molecule has 0 radical (unpaired) electrons. The van der Waals surface area contributed by atoms with Gasteiger partial charge in [0.1, 0.15) is 21.9 Å². The van der Waals surface area contributed by atoms with Crippen LogP contribution in [-0.2, 0) is 15.8 Å². The molecule has 1 aliphatic heterocycles. The maximum absolute atomic E-state index is 13.3. The predicted molar refractivity (Wildman–Crippen MR) is 119 cm³/mol. The summed E-state index contributed by atoms with van der Waals surface area (Å²) in [6.07, 6.45) is -1.13. The van der Waals surface area contributed by atoms with Crippen LogP contribution in [-0.4, -0.2) is 44.3 Å². The van der Waals surface area contributed by atoms with E-state index in [-0.39, 0.29) is 32.7 Å². The number of nitrogens with zero attached hydrogens (tertiary/aromatic N) is 1. The van der Waals surface area contributed by atoms with Crippen LogP contribution in [0.4, 0.5) is 13.2 Å². The summed E-state index contributed by atoms with van der Waals surface area (Å²) in [5.41, 5.74) is -0.953. The molecule has 2 heterocycles. The Hall–Kier alpha value is -2.24. The highest BCUT2D eigenvalue weighted by atomic mass is 32.2. The Labute approximate surface area is 189 Å². The molecular formula is C20H16F3NO4S3. The fraction of sp³-hybridized carbons (Fsp3) is 0.250. The molecule has 5 nitrogen and oxygen atoms in total. The summed E-state index contributed by atoms with van der Waals surface area (Å²) < 4.78 is 45.4. The smallest absolute Gasteiger partial charge is 0.417 e. The fourth-order valence-electron chi connectivity index (χ4n) is 2.99. The highest BCUT2D eigenvalue weighted by molar-refractivity contribution is 8.26. The van der Waals surface area contributed by atoms with Gasteiger partial charge >= 0.3 is 12.1 Å². The Morgan fingerprint density at radius 3 is 2.68 bits per heavy atom. The quantitative estimate of drug-likeness (QED) is 0.416. The van der Waals surface area contributed by atoms with Gasteiger partial charge in [0.25, 0.3) is 5.91 Å². The zero-order chi connectivity index (χ0) is 22.8. The van der Waals surface area contributed by atoms with Gasteiger partial charge in [-0.3, -0.25) is 9.69 Å². The zero-order valence-corrected chi connectivity index (χ0v) is 18.5. The third-order valence-electron chi connectivity index (χ3n) is 4.41. The molecule has 2 aromatic rings. The first-order chi connectivity index (χ1) is 14.6. The molecule has 1 atom stereocenters. The number of rotatable bonds is 7. The number of carboxylic acids is 1. The number of amides is 1. The Balaban J connectivity index is 1.88. The number of hydrogen-bond donors (Lipinski definition) is 1. The van der Waals surface area contributed by atoms with Gasteiger partial charge in [-0.05, 0) is 36.6 Å². The minimum atomic E-state index is -4.55. The van der Waals surface area contributed by atoms with E-state index in [2.05, 4.69) is 0 Å². The molecule has 1 amide bonds. The molecule has 0 aliphatic carbocycles. The van der Waals surface area contributed by atoms with E-state index in [1.165, 1.54) is 48.2 Å². The molecule has 31 heavy (non-hydrogen) atoms. The SMILES string of the molecule is CSCC[C@@H](C(=O)O)N1C(=O)/C(=C\c2ccc(-c3ccccc3C(F)(F)F)o2)SC1=S. The highest BCUT2D eigenvalue weighted by Gasteiger charge is 2.40. The summed E-state index contributed by atoms with van der Waals surface area (Å²) in [5, 5.41) is 9.49. The lowest BCUT2D eigenvalue weighted by Gasteiger charge is -2.22. The second kappa shape index (κ2) is 9.49. The Morgan fingerprint density at radius 1 is 1.32 bits per heavy atom. The predicted octanol–water partition coefficient (Wildman–Crippen LogP) is 5.37. The summed E-state index contributed by atoms with van der Waals surface area (Å²) in [6.45, 7) is 0. The number of thioether (sulfide) groups is 2. The molecule has 1 saturated heterocycles. The molecule has 0 saturated carbocycles. The monoisotopic (exact) mass is 487 g/mol. The maximum atomic E-state index is 13.3. The van der Waals surface area contributed by atoms with Crippen molar-refractivity contribution >= 4 is 58.0 Å². The number of carbonyl (C=O) groups is 2. The molecule has 11 heteroatoms. The topological polar surface area (TPSA) is 70.8 Å². The highest BCUT2D eigenvalue weighted by Crippen LogP contribution is 2.39. The van der Waals surface area contributed by atoms with Crippen molar-refractivity contribution in [2.45, 2.75) is 18.6 Å². The van der Waals surface area contributed by atoms with Crippen LogP contribution >= 0.6 is 35.7 Å². The minimum absolute atomic E-state index is 0.00182. The van der Waals surface area contributed by atoms with Crippen molar-refractivity contribution < 1.29 is 32.3 Å². The van der Waals surface area contributed by atoms with Crippen LogP contribution in [0.15, 0.2) is 45.7 Å². The first kappa shape index (κ1) is 23.4. The van der Waals surface area contributed by atoms with Crippen molar-refractivity contribution in [1.29, 1.82) is 0 Å². The molecule has 164 valence electrons. The molecule has 1 aliphatic rings. The minimum Gasteiger partial charge on any atom is -0.480 e. The molecule has 0 unspecified atom stereocenters. The largest absolute Gasteiger partial charge is 0.480 e. The van der Waals surface area contributed by atoms with E-state index in [4.69, 9.17) is 16.6 Å². The van der Waals surface area contributed by atoms with E-state index in [1.807, 2.05) is 6.26 Å². The van der Waals surface area contributed by atoms with Gasteiger partial charge in [-0.15, -0.1) is 0 Å². The first-order valence-corrected chi connectivity index (χ1v) is 11.5. The van der Waals surface area contributed by atoms with Crippen LogP contribution in [0, 0.1) is 0 Å². The molecule has 1 fully saturated rings. The van der Waals surface area contributed by atoms with Gasteiger partial charge in [0.15, 0.2) is 0 Å². The second-order valence-corrected chi connectivity index (χ2v) is 9.09. The summed E-state index contributed by atoms with van der Waals surface area (Å²) in [6, 6.07) is 6.76. The Bertz CT molecular complexity index is 1050. The number of benzene rings is 1. The van der Waals surface area contributed by atoms with Crippen molar-refractivity contribution in [2.24, 2.45) is 0 Å². The lowest BCUT2D eigenvalue weighted by atomic mass is 10.1. The van der Waals surface area contributed by atoms with Gasteiger partial charge in [-0.1, -0.05) is 42.2 Å². The van der Waals surface area contributed by atoms with Gasteiger partial charge < -0.3 is 9.52 Å². The number of carbonyl (C=O) groups excluding carboxylic acids is 1.